The van der Waals surface area contributed by atoms with Crippen molar-refractivity contribution in [3.63, 3.8) is 0 Å². The summed E-state index contributed by atoms with van der Waals surface area (Å²) in [5.41, 5.74) is 2.62. The highest BCUT2D eigenvalue weighted by molar-refractivity contribution is 5.80. The third kappa shape index (κ3) is 6.11. The van der Waals surface area contributed by atoms with Gasteiger partial charge >= 0.3 is 0 Å². The molecule has 0 aromatic heterocycles. The molecule has 0 spiro atoms. The molecule has 3 rings (SSSR count). The Bertz CT molecular complexity index is 622. The second-order valence-electron chi connectivity index (χ2n) is 8.28. The molecule has 2 saturated heterocycles. The fourth-order valence-electron chi connectivity index (χ4n) is 4.23. The number of aliphatic imine (C=N–C) groups is 1. The van der Waals surface area contributed by atoms with E-state index in [0.29, 0.717) is 18.2 Å². The minimum Gasteiger partial charge on any atom is -0.373 e. The number of guanidine groups is 1. The van der Waals surface area contributed by atoms with Crippen LogP contribution in [-0.4, -0.2) is 75.4 Å². The van der Waals surface area contributed by atoms with E-state index in [1.54, 1.807) is 0 Å². The maximum atomic E-state index is 5.81. The van der Waals surface area contributed by atoms with Crippen LogP contribution in [0.25, 0.3) is 0 Å². The SMILES string of the molecule is CN=C(NCCCN1CC(C)OC(C)C1)NC1CCN(c2ccc(C)cc2)C1. The number of hydrogen-bond acceptors (Lipinski definition) is 4. The lowest BCUT2D eigenvalue weighted by Gasteiger charge is -2.35. The Hall–Kier alpha value is -1.79. The van der Waals surface area contributed by atoms with E-state index in [2.05, 4.69) is 70.5 Å². The van der Waals surface area contributed by atoms with E-state index in [1.807, 2.05) is 7.05 Å². The maximum absolute atomic E-state index is 5.81. The number of nitrogens with one attached hydrogen (secondary N) is 2. The average Bonchev–Trinajstić information content (AvgIpc) is 3.12. The summed E-state index contributed by atoms with van der Waals surface area (Å²) < 4.78 is 5.81. The lowest BCUT2D eigenvalue weighted by Crippen LogP contribution is -2.47. The second-order valence-corrected chi connectivity index (χ2v) is 8.28. The molecule has 28 heavy (non-hydrogen) atoms. The molecule has 1 aromatic rings. The molecule has 156 valence electrons. The molecule has 1 aromatic carbocycles. The Balaban J connectivity index is 1.36. The number of anilines is 1. The van der Waals surface area contributed by atoms with Crippen molar-refractivity contribution in [1.82, 2.24) is 15.5 Å². The minimum atomic E-state index is 0.338. The van der Waals surface area contributed by atoms with Gasteiger partial charge in [-0.15, -0.1) is 0 Å². The van der Waals surface area contributed by atoms with Gasteiger partial charge in [0, 0.05) is 58.0 Å². The van der Waals surface area contributed by atoms with Crippen molar-refractivity contribution in [2.45, 2.75) is 51.9 Å². The normalized spacial score (nSPS) is 26.5. The van der Waals surface area contributed by atoms with Crippen LogP contribution in [0.3, 0.4) is 0 Å². The molecular weight excluding hydrogens is 350 g/mol. The molecule has 2 aliphatic heterocycles. The smallest absolute Gasteiger partial charge is 0.191 e. The van der Waals surface area contributed by atoms with Crippen molar-refractivity contribution in [3.8, 4) is 0 Å². The Morgan fingerprint density at radius 1 is 1.14 bits per heavy atom. The first-order valence-corrected chi connectivity index (χ1v) is 10.7. The van der Waals surface area contributed by atoms with Gasteiger partial charge in [0.2, 0.25) is 0 Å². The third-order valence-electron chi connectivity index (χ3n) is 5.59. The predicted molar refractivity (Wildman–Crippen MR) is 117 cm³/mol. The Kier molecular flexibility index (Phi) is 7.57. The van der Waals surface area contributed by atoms with E-state index in [4.69, 9.17) is 4.74 Å². The summed E-state index contributed by atoms with van der Waals surface area (Å²) in [4.78, 5) is 9.37. The van der Waals surface area contributed by atoms with Crippen molar-refractivity contribution in [1.29, 1.82) is 0 Å². The van der Waals surface area contributed by atoms with Crippen LogP contribution >= 0.6 is 0 Å². The van der Waals surface area contributed by atoms with Crippen LogP contribution in [-0.2, 0) is 4.74 Å². The molecule has 6 heteroatoms. The molecule has 2 aliphatic rings. The lowest BCUT2D eigenvalue weighted by molar-refractivity contribution is -0.0679. The molecule has 2 N–H and O–H groups in total. The molecule has 0 aliphatic carbocycles. The third-order valence-corrected chi connectivity index (χ3v) is 5.59. The summed E-state index contributed by atoms with van der Waals surface area (Å²) in [5.74, 6) is 0.916. The molecule has 2 fully saturated rings. The Labute approximate surface area is 170 Å². The summed E-state index contributed by atoms with van der Waals surface area (Å²) in [6, 6.07) is 9.25. The lowest BCUT2D eigenvalue weighted by atomic mass is 10.2. The van der Waals surface area contributed by atoms with Crippen LogP contribution in [0, 0.1) is 6.92 Å². The van der Waals surface area contributed by atoms with Gasteiger partial charge in [-0.2, -0.15) is 0 Å². The van der Waals surface area contributed by atoms with Crippen LogP contribution in [0.1, 0.15) is 32.3 Å². The van der Waals surface area contributed by atoms with E-state index in [1.165, 1.54) is 11.3 Å². The predicted octanol–water partition coefficient (Wildman–Crippen LogP) is 2.24. The van der Waals surface area contributed by atoms with Crippen molar-refractivity contribution < 1.29 is 4.74 Å². The van der Waals surface area contributed by atoms with Gasteiger partial charge in [-0.3, -0.25) is 9.89 Å². The van der Waals surface area contributed by atoms with E-state index in [9.17, 15) is 0 Å². The van der Waals surface area contributed by atoms with Gasteiger partial charge in [0.05, 0.1) is 12.2 Å². The highest BCUT2D eigenvalue weighted by Crippen LogP contribution is 2.20. The van der Waals surface area contributed by atoms with Gasteiger partial charge in [-0.1, -0.05) is 17.7 Å². The topological polar surface area (TPSA) is 52.1 Å². The molecule has 0 bridgehead atoms. The van der Waals surface area contributed by atoms with E-state index in [-0.39, 0.29) is 0 Å². The molecule has 0 radical (unpaired) electrons. The Morgan fingerprint density at radius 3 is 2.54 bits per heavy atom. The van der Waals surface area contributed by atoms with Crippen LogP contribution in [0.15, 0.2) is 29.3 Å². The average molecular weight is 388 g/mol. The van der Waals surface area contributed by atoms with Crippen LogP contribution in [0.4, 0.5) is 5.69 Å². The second kappa shape index (κ2) is 10.1. The fourth-order valence-corrected chi connectivity index (χ4v) is 4.23. The molecular formula is C22H37N5O. The summed E-state index contributed by atoms with van der Waals surface area (Å²) in [6.45, 7) is 12.7. The number of rotatable bonds is 6. The van der Waals surface area contributed by atoms with Crippen LogP contribution < -0.4 is 15.5 Å². The number of ether oxygens (including phenoxy) is 1. The van der Waals surface area contributed by atoms with Gasteiger partial charge in [0.25, 0.3) is 0 Å². The van der Waals surface area contributed by atoms with Gasteiger partial charge in [0.1, 0.15) is 0 Å². The fraction of sp³-hybridized carbons (Fsp3) is 0.682. The standard InChI is InChI=1S/C22H37N5O/c1-17-6-8-21(9-7-17)27-13-10-20(16-27)25-22(23-4)24-11-5-12-26-14-18(2)28-19(3)15-26/h6-9,18-20H,5,10-16H2,1-4H3,(H2,23,24,25). The number of nitrogens with zero attached hydrogens (tertiary/aromatic N) is 3. The zero-order chi connectivity index (χ0) is 19.9. The van der Waals surface area contributed by atoms with E-state index < -0.39 is 0 Å². The number of hydrogen-bond donors (Lipinski definition) is 2. The van der Waals surface area contributed by atoms with Gasteiger partial charge < -0.3 is 20.3 Å². The zero-order valence-electron chi connectivity index (χ0n) is 17.9. The minimum absolute atomic E-state index is 0.338. The van der Waals surface area contributed by atoms with Gasteiger partial charge in [0.15, 0.2) is 5.96 Å². The molecule has 3 atom stereocenters. The molecule has 3 unspecified atom stereocenters. The molecule has 0 amide bonds. The van der Waals surface area contributed by atoms with Gasteiger partial charge in [-0.05, 0) is 45.7 Å². The monoisotopic (exact) mass is 387 g/mol. The van der Waals surface area contributed by atoms with Gasteiger partial charge in [-0.25, -0.2) is 0 Å². The zero-order valence-corrected chi connectivity index (χ0v) is 17.9. The van der Waals surface area contributed by atoms with Crippen molar-refractivity contribution >= 4 is 11.6 Å². The largest absolute Gasteiger partial charge is 0.373 e. The number of morpholine rings is 1. The van der Waals surface area contributed by atoms with Crippen LogP contribution in [0.2, 0.25) is 0 Å². The quantitative estimate of drug-likeness (QED) is 0.445. The van der Waals surface area contributed by atoms with E-state index in [0.717, 1.165) is 58.1 Å². The summed E-state index contributed by atoms with van der Waals surface area (Å²) >= 11 is 0. The summed E-state index contributed by atoms with van der Waals surface area (Å²) in [7, 11) is 1.85. The summed E-state index contributed by atoms with van der Waals surface area (Å²) in [5, 5.41) is 7.08. The first-order valence-electron chi connectivity index (χ1n) is 10.7. The number of benzene rings is 1. The van der Waals surface area contributed by atoms with E-state index >= 15 is 0 Å². The summed E-state index contributed by atoms with van der Waals surface area (Å²) in [6.07, 6.45) is 2.92. The van der Waals surface area contributed by atoms with Crippen molar-refractivity contribution in [3.05, 3.63) is 29.8 Å². The molecule has 6 nitrogen and oxygen atoms in total. The molecule has 2 heterocycles. The highest BCUT2D eigenvalue weighted by atomic mass is 16.5. The Morgan fingerprint density at radius 2 is 1.86 bits per heavy atom. The first kappa shape index (κ1) is 20.9. The molecule has 0 saturated carbocycles. The van der Waals surface area contributed by atoms with Crippen molar-refractivity contribution in [2.24, 2.45) is 4.99 Å². The van der Waals surface area contributed by atoms with Crippen molar-refractivity contribution in [2.75, 3.05) is 51.2 Å². The van der Waals surface area contributed by atoms with Crippen LogP contribution in [0.5, 0.6) is 0 Å². The maximum Gasteiger partial charge on any atom is 0.191 e. The first-order chi connectivity index (χ1) is 13.5. The highest BCUT2D eigenvalue weighted by Gasteiger charge is 2.24. The number of aryl methyl sites for hydroxylation is 1.